The first-order valence-corrected chi connectivity index (χ1v) is 17.6. The van der Waals surface area contributed by atoms with E-state index in [0.29, 0.717) is 28.4 Å². The van der Waals surface area contributed by atoms with Gasteiger partial charge in [0.05, 0.1) is 23.9 Å². The fourth-order valence-electron chi connectivity index (χ4n) is 6.99. The van der Waals surface area contributed by atoms with Gasteiger partial charge in [0.2, 0.25) is 0 Å². The van der Waals surface area contributed by atoms with E-state index < -0.39 is 23.6 Å². The average molecular weight is 695 g/mol. The maximum absolute atomic E-state index is 16.9. The van der Waals surface area contributed by atoms with Gasteiger partial charge in [-0.05, 0) is 49.2 Å². The number of halogens is 2. The lowest BCUT2D eigenvalue weighted by Gasteiger charge is -2.41. The van der Waals surface area contributed by atoms with Crippen molar-refractivity contribution < 1.29 is 18.3 Å². The van der Waals surface area contributed by atoms with Crippen molar-refractivity contribution in [2.45, 2.75) is 44.7 Å². The van der Waals surface area contributed by atoms with Crippen molar-refractivity contribution in [3.05, 3.63) is 76.4 Å². The Morgan fingerprint density at radius 3 is 2.72 bits per heavy atom. The molecule has 7 rings (SSSR count). The molecule has 50 heavy (non-hydrogen) atoms. The van der Waals surface area contributed by atoms with Crippen LogP contribution in [0.25, 0.3) is 39.0 Å². The van der Waals surface area contributed by atoms with Gasteiger partial charge in [0, 0.05) is 55.1 Å². The molecule has 2 aliphatic heterocycles. The number of likely N-dealkylation sites (N-methyl/N-ethyl adjacent to an activating group) is 1. The number of ether oxygens (including phenoxy) is 1. The summed E-state index contributed by atoms with van der Waals surface area (Å²) in [5, 5.41) is 14.1. The van der Waals surface area contributed by atoms with Crippen molar-refractivity contribution in [1.29, 1.82) is 5.26 Å². The summed E-state index contributed by atoms with van der Waals surface area (Å²) in [6, 6.07) is 13.5. The smallest absolute Gasteiger partial charge is 0.319 e. The minimum atomic E-state index is -0.949. The molecule has 2 aliphatic rings. The summed E-state index contributed by atoms with van der Waals surface area (Å²) in [5.74, 6) is -1.97. The van der Waals surface area contributed by atoms with E-state index in [-0.39, 0.29) is 49.3 Å². The van der Waals surface area contributed by atoms with Gasteiger partial charge in [0.1, 0.15) is 28.6 Å². The number of benzene rings is 2. The second-order valence-corrected chi connectivity index (χ2v) is 13.5. The molecule has 0 saturated carbocycles. The molecule has 256 valence electrons. The molecule has 0 spiro atoms. The summed E-state index contributed by atoms with van der Waals surface area (Å²) in [6.45, 7) is 3.90. The molecular weight excluding hydrogens is 659 g/mol. The van der Waals surface area contributed by atoms with E-state index in [1.54, 1.807) is 11.6 Å². The molecule has 3 aromatic heterocycles. The van der Waals surface area contributed by atoms with Crippen molar-refractivity contribution in [1.82, 2.24) is 29.7 Å². The normalized spacial score (nSPS) is 18.6. The number of thiazole rings is 1. The summed E-state index contributed by atoms with van der Waals surface area (Å²) >= 11 is 1.22. The van der Waals surface area contributed by atoms with Crippen LogP contribution in [0.5, 0.6) is 6.01 Å². The zero-order valence-electron chi connectivity index (χ0n) is 27.9. The molecule has 13 heteroatoms. The molecule has 5 heterocycles. The van der Waals surface area contributed by atoms with E-state index in [0.717, 1.165) is 48.2 Å². The van der Waals surface area contributed by atoms with E-state index in [4.69, 9.17) is 9.72 Å². The molecule has 0 aliphatic carbocycles. The van der Waals surface area contributed by atoms with Crippen LogP contribution < -0.4 is 9.64 Å². The zero-order chi connectivity index (χ0) is 34.8. The van der Waals surface area contributed by atoms with Crippen molar-refractivity contribution >= 4 is 50.8 Å². The third-order valence-electron chi connectivity index (χ3n) is 9.62. The van der Waals surface area contributed by atoms with Crippen molar-refractivity contribution in [3.63, 3.8) is 0 Å². The standard InChI is InChI=1S/C37H36F2N8O2S/c1-3-23-7-4-8-24-9-5-11-27(31(23)24)33-32(39)34-28(20-42-33)35(44-37(43-34)49-22-26-10-6-15-45(26)2)46-16-17-47(25(21-46)12-13-40)36(48)29(38)19-30-41-14-18-50-30/h4-5,7-9,11,14,18-20,25-26H,3,6,10,12,15-17,21-22H2,1-2H3/b29-19-. The van der Waals surface area contributed by atoms with Crippen LogP contribution in [-0.4, -0.2) is 87.6 Å². The SMILES string of the molecule is CCc1cccc2cccc(-c3ncc4c(N5CCN(C(=O)/C(F)=C/c6nccs6)C(CC#N)C5)nc(OCC5CCCN5C)nc4c3F)c12. The molecule has 0 bridgehead atoms. The number of rotatable bonds is 9. The van der Waals surface area contributed by atoms with Crippen LogP contribution in [0.15, 0.2) is 60.0 Å². The number of aromatic nitrogens is 4. The first-order chi connectivity index (χ1) is 24.4. The summed E-state index contributed by atoms with van der Waals surface area (Å²) in [6.07, 6.45) is 6.99. The Hall–Kier alpha value is -5.06. The fraction of sp³-hybridized carbons (Fsp3) is 0.351. The Morgan fingerprint density at radius 1 is 1.14 bits per heavy atom. The van der Waals surface area contributed by atoms with Crippen molar-refractivity contribution in [2.24, 2.45) is 0 Å². The number of hydrogen-bond donors (Lipinski definition) is 0. The quantitative estimate of drug-likeness (QED) is 0.162. The predicted octanol–water partition coefficient (Wildman–Crippen LogP) is 6.42. The number of carbonyl (C=O) groups excluding carboxylic acids is 1. The lowest BCUT2D eigenvalue weighted by atomic mass is 9.95. The minimum Gasteiger partial charge on any atom is -0.462 e. The number of nitrogens with zero attached hydrogens (tertiary/aromatic N) is 8. The number of piperazine rings is 1. The molecule has 2 atom stereocenters. The summed E-state index contributed by atoms with van der Waals surface area (Å²) in [5.41, 5.74) is 1.99. The fourth-order valence-corrected chi connectivity index (χ4v) is 7.55. The predicted molar refractivity (Wildman–Crippen MR) is 190 cm³/mol. The van der Waals surface area contributed by atoms with Crippen LogP contribution >= 0.6 is 11.3 Å². The Balaban J connectivity index is 1.28. The van der Waals surface area contributed by atoms with E-state index in [9.17, 15) is 10.1 Å². The van der Waals surface area contributed by atoms with E-state index >= 15 is 8.78 Å². The maximum atomic E-state index is 16.9. The van der Waals surface area contributed by atoms with Crippen LogP contribution in [0, 0.1) is 17.1 Å². The number of pyridine rings is 1. The minimum absolute atomic E-state index is 0.0313. The number of nitriles is 1. The zero-order valence-corrected chi connectivity index (χ0v) is 28.7. The number of hydrogen-bond acceptors (Lipinski definition) is 10. The van der Waals surface area contributed by atoms with Gasteiger partial charge in [-0.25, -0.2) is 13.8 Å². The Labute approximate surface area is 292 Å². The maximum Gasteiger partial charge on any atom is 0.319 e. The monoisotopic (exact) mass is 694 g/mol. The van der Waals surface area contributed by atoms with Crippen LogP contribution in [-0.2, 0) is 11.2 Å². The van der Waals surface area contributed by atoms with E-state index in [1.165, 1.54) is 22.4 Å². The highest BCUT2D eigenvalue weighted by molar-refractivity contribution is 7.10. The second-order valence-electron chi connectivity index (χ2n) is 12.6. The highest BCUT2D eigenvalue weighted by Gasteiger charge is 2.34. The Morgan fingerprint density at radius 2 is 1.98 bits per heavy atom. The number of anilines is 1. The molecule has 2 unspecified atom stereocenters. The molecule has 0 N–H and O–H groups in total. The number of carbonyl (C=O) groups is 1. The molecule has 5 aromatic rings. The van der Waals surface area contributed by atoms with Crippen LogP contribution in [0.2, 0.25) is 0 Å². The van der Waals surface area contributed by atoms with Crippen LogP contribution in [0.4, 0.5) is 14.6 Å². The van der Waals surface area contributed by atoms with Gasteiger partial charge in [-0.3, -0.25) is 9.78 Å². The lowest BCUT2D eigenvalue weighted by molar-refractivity contribution is -0.131. The molecule has 1 amide bonds. The van der Waals surface area contributed by atoms with Gasteiger partial charge in [-0.15, -0.1) is 11.3 Å². The number of fused-ring (bicyclic) bond motifs is 2. The third-order valence-corrected chi connectivity index (χ3v) is 10.3. The number of aryl methyl sites for hydroxylation is 1. The van der Waals surface area contributed by atoms with Gasteiger partial charge in [0.25, 0.3) is 5.91 Å². The van der Waals surface area contributed by atoms with Crippen molar-refractivity contribution in [3.8, 4) is 23.3 Å². The molecule has 2 fully saturated rings. The first-order valence-electron chi connectivity index (χ1n) is 16.8. The third kappa shape index (κ3) is 6.48. The first kappa shape index (κ1) is 33.4. The van der Waals surface area contributed by atoms with E-state index in [2.05, 4.69) is 32.8 Å². The van der Waals surface area contributed by atoms with E-state index in [1.807, 2.05) is 48.3 Å². The Kier molecular flexibility index (Phi) is 9.65. The van der Waals surface area contributed by atoms with Gasteiger partial charge in [0.15, 0.2) is 11.6 Å². The van der Waals surface area contributed by atoms with Gasteiger partial charge < -0.3 is 19.4 Å². The lowest BCUT2D eigenvalue weighted by Crippen LogP contribution is -2.55. The van der Waals surface area contributed by atoms with Gasteiger partial charge in [-0.1, -0.05) is 43.3 Å². The average Bonchev–Trinajstić information content (AvgIpc) is 3.81. The summed E-state index contributed by atoms with van der Waals surface area (Å²) < 4.78 is 38.1. The molecule has 2 aromatic carbocycles. The second kappa shape index (κ2) is 14.4. The topological polar surface area (TPSA) is 111 Å². The summed E-state index contributed by atoms with van der Waals surface area (Å²) in [7, 11) is 2.05. The molecular formula is C37H36F2N8O2S. The van der Waals surface area contributed by atoms with Crippen molar-refractivity contribution in [2.75, 3.05) is 44.7 Å². The molecule has 0 radical (unpaired) electrons. The van der Waals surface area contributed by atoms with Gasteiger partial charge in [-0.2, -0.15) is 15.2 Å². The number of likely N-dealkylation sites (tertiary alicyclic amines) is 1. The van der Waals surface area contributed by atoms with Crippen LogP contribution in [0.3, 0.4) is 0 Å². The van der Waals surface area contributed by atoms with Gasteiger partial charge >= 0.3 is 6.01 Å². The molecule has 10 nitrogen and oxygen atoms in total. The highest BCUT2D eigenvalue weighted by Crippen LogP contribution is 2.37. The number of amides is 1. The van der Waals surface area contributed by atoms with Crippen LogP contribution in [0.1, 0.15) is 36.8 Å². The highest BCUT2D eigenvalue weighted by atomic mass is 32.1. The largest absolute Gasteiger partial charge is 0.462 e. The Bertz CT molecular complexity index is 2110. The molecule has 2 saturated heterocycles. The summed E-state index contributed by atoms with van der Waals surface area (Å²) in [4.78, 5) is 36.8.